The molecular formula is C30H31N. The van der Waals surface area contributed by atoms with Gasteiger partial charge in [-0.3, -0.25) is 0 Å². The molecule has 1 nitrogen and oxygen atoms in total. The molecular weight excluding hydrogens is 374 g/mol. The molecule has 0 radical (unpaired) electrons. The number of allylic oxidation sites excluding steroid dienone is 5. The van der Waals surface area contributed by atoms with Crippen molar-refractivity contribution in [3.63, 3.8) is 0 Å². The molecule has 1 heteroatoms. The first kappa shape index (κ1) is 20.9. The lowest BCUT2D eigenvalue weighted by Gasteiger charge is -2.24. The molecule has 0 unspecified atom stereocenters. The van der Waals surface area contributed by atoms with Gasteiger partial charge in [0.1, 0.15) is 0 Å². The number of benzene rings is 3. The van der Waals surface area contributed by atoms with Gasteiger partial charge in [-0.05, 0) is 66.3 Å². The van der Waals surface area contributed by atoms with Gasteiger partial charge in [0.15, 0.2) is 0 Å². The molecule has 1 heterocycles. The van der Waals surface area contributed by atoms with E-state index in [-0.39, 0.29) is 5.41 Å². The van der Waals surface area contributed by atoms with Crippen LogP contribution in [0.4, 0.5) is 0 Å². The molecule has 3 aromatic carbocycles. The second-order valence-corrected chi connectivity index (χ2v) is 9.32. The van der Waals surface area contributed by atoms with Crippen LogP contribution >= 0.6 is 0 Å². The van der Waals surface area contributed by atoms with E-state index >= 15 is 0 Å². The molecule has 0 spiro atoms. The molecule has 0 saturated heterocycles. The highest BCUT2D eigenvalue weighted by atomic mass is 15.0. The molecule has 0 fully saturated rings. The summed E-state index contributed by atoms with van der Waals surface area (Å²) in [6.45, 7) is 15.0. The van der Waals surface area contributed by atoms with Gasteiger partial charge in [0, 0.05) is 16.5 Å². The molecule has 0 saturated carbocycles. The van der Waals surface area contributed by atoms with Crippen molar-refractivity contribution >= 4 is 27.4 Å². The van der Waals surface area contributed by atoms with E-state index in [4.69, 9.17) is 0 Å². The summed E-state index contributed by atoms with van der Waals surface area (Å²) in [5.41, 5.74) is 8.92. The van der Waals surface area contributed by atoms with Gasteiger partial charge in [0.2, 0.25) is 0 Å². The van der Waals surface area contributed by atoms with Crippen LogP contribution in [-0.4, -0.2) is 4.57 Å². The van der Waals surface area contributed by atoms with Crippen LogP contribution in [-0.2, 0) is 5.41 Å². The average Bonchev–Trinajstić information content (AvgIpc) is 3.06. The Hall–Kier alpha value is -3.32. The second-order valence-electron chi connectivity index (χ2n) is 9.32. The SMILES string of the molecule is C=C/C=C\C=C(/C)c1cc(-n2c3ccccc3c3cc(C)ccc32)ccc1C(C)(C)C. The van der Waals surface area contributed by atoms with Gasteiger partial charge in [-0.15, -0.1) is 0 Å². The van der Waals surface area contributed by atoms with Crippen molar-refractivity contribution in [1.29, 1.82) is 0 Å². The van der Waals surface area contributed by atoms with E-state index in [1.54, 1.807) is 0 Å². The summed E-state index contributed by atoms with van der Waals surface area (Å²) in [7, 11) is 0. The molecule has 1 aromatic heterocycles. The zero-order valence-electron chi connectivity index (χ0n) is 19.2. The predicted octanol–water partition coefficient (Wildman–Crippen LogP) is 8.54. The van der Waals surface area contributed by atoms with E-state index in [0.717, 1.165) is 0 Å². The minimum absolute atomic E-state index is 0.0586. The molecule has 0 N–H and O–H groups in total. The van der Waals surface area contributed by atoms with Crippen molar-refractivity contribution in [1.82, 2.24) is 4.57 Å². The van der Waals surface area contributed by atoms with E-state index in [1.165, 1.54) is 49.8 Å². The number of nitrogens with zero attached hydrogens (tertiary/aromatic N) is 1. The maximum absolute atomic E-state index is 3.78. The monoisotopic (exact) mass is 405 g/mol. The highest BCUT2D eigenvalue weighted by molar-refractivity contribution is 6.09. The summed E-state index contributed by atoms with van der Waals surface area (Å²) in [4.78, 5) is 0. The quantitative estimate of drug-likeness (QED) is 0.300. The number of rotatable bonds is 4. The molecule has 156 valence electrons. The molecule has 0 bridgehead atoms. The number of aromatic nitrogens is 1. The van der Waals surface area contributed by atoms with Gasteiger partial charge in [0.25, 0.3) is 0 Å². The zero-order chi connectivity index (χ0) is 22.2. The Labute approximate surface area is 186 Å². The van der Waals surface area contributed by atoms with Crippen LogP contribution in [0.15, 0.2) is 91.5 Å². The summed E-state index contributed by atoms with van der Waals surface area (Å²) in [5, 5.41) is 2.60. The Bertz CT molecular complexity index is 1340. The van der Waals surface area contributed by atoms with Crippen molar-refractivity contribution in [2.24, 2.45) is 0 Å². The molecule has 0 aliphatic rings. The van der Waals surface area contributed by atoms with E-state index in [2.05, 4.69) is 119 Å². The number of para-hydroxylation sites is 1. The first-order chi connectivity index (χ1) is 14.8. The van der Waals surface area contributed by atoms with E-state index in [1.807, 2.05) is 12.2 Å². The molecule has 0 aliphatic heterocycles. The summed E-state index contributed by atoms with van der Waals surface area (Å²) in [6, 6.07) is 22.4. The van der Waals surface area contributed by atoms with Gasteiger partial charge in [-0.1, -0.05) is 87.5 Å². The van der Waals surface area contributed by atoms with Gasteiger partial charge in [0.05, 0.1) is 11.0 Å². The fraction of sp³-hybridized carbons (Fsp3) is 0.200. The van der Waals surface area contributed by atoms with Crippen LogP contribution < -0.4 is 0 Å². The molecule has 31 heavy (non-hydrogen) atoms. The van der Waals surface area contributed by atoms with E-state index < -0.39 is 0 Å². The topological polar surface area (TPSA) is 4.93 Å². The Balaban J connectivity index is 2.02. The third-order valence-corrected chi connectivity index (χ3v) is 5.92. The van der Waals surface area contributed by atoms with Crippen LogP contribution in [0.5, 0.6) is 0 Å². The summed E-state index contributed by atoms with van der Waals surface area (Å²) in [6.07, 6.45) is 8.01. The lowest BCUT2D eigenvalue weighted by atomic mass is 9.81. The molecule has 4 rings (SSSR count). The Morgan fingerprint density at radius 2 is 1.61 bits per heavy atom. The van der Waals surface area contributed by atoms with Crippen LogP contribution in [0.1, 0.15) is 44.4 Å². The van der Waals surface area contributed by atoms with Crippen LogP contribution in [0.2, 0.25) is 0 Å². The minimum Gasteiger partial charge on any atom is -0.309 e. The van der Waals surface area contributed by atoms with Gasteiger partial charge in [-0.25, -0.2) is 0 Å². The summed E-state index contributed by atoms with van der Waals surface area (Å²) < 4.78 is 2.40. The third kappa shape index (κ3) is 3.88. The lowest BCUT2D eigenvalue weighted by molar-refractivity contribution is 0.588. The van der Waals surface area contributed by atoms with Gasteiger partial charge >= 0.3 is 0 Å². The smallest absolute Gasteiger partial charge is 0.0541 e. The highest BCUT2D eigenvalue weighted by Crippen LogP contribution is 2.36. The van der Waals surface area contributed by atoms with E-state index in [0.29, 0.717) is 0 Å². The summed E-state index contributed by atoms with van der Waals surface area (Å²) >= 11 is 0. The van der Waals surface area contributed by atoms with Crippen LogP contribution in [0.25, 0.3) is 33.1 Å². The lowest BCUT2D eigenvalue weighted by Crippen LogP contribution is -2.14. The van der Waals surface area contributed by atoms with Crippen molar-refractivity contribution in [2.45, 2.75) is 40.0 Å². The van der Waals surface area contributed by atoms with Crippen molar-refractivity contribution in [2.75, 3.05) is 0 Å². The van der Waals surface area contributed by atoms with Gasteiger partial charge in [-0.2, -0.15) is 0 Å². The van der Waals surface area contributed by atoms with Crippen molar-refractivity contribution in [3.8, 4) is 5.69 Å². The number of hydrogen-bond donors (Lipinski definition) is 0. The minimum atomic E-state index is 0.0586. The largest absolute Gasteiger partial charge is 0.309 e. The van der Waals surface area contributed by atoms with Crippen molar-refractivity contribution in [3.05, 3.63) is 108 Å². The first-order valence-electron chi connectivity index (χ1n) is 10.9. The standard InChI is InChI=1S/C30H31N/c1-7-8-9-12-22(3)25-20-23(16-17-27(25)30(4,5)6)31-28-14-11-10-13-24(28)26-19-21(2)15-18-29(26)31/h7-20H,1H2,2-6H3/b9-8-,22-12+. The summed E-state index contributed by atoms with van der Waals surface area (Å²) in [5.74, 6) is 0. The Morgan fingerprint density at radius 1 is 0.871 bits per heavy atom. The number of fused-ring (bicyclic) bond motifs is 3. The Morgan fingerprint density at radius 3 is 2.35 bits per heavy atom. The molecule has 0 atom stereocenters. The normalized spacial score (nSPS) is 12.9. The van der Waals surface area contributed by atoms with Crippen LogP contribution in [0, 0.1) is 6.92 Å². The number of hydrogen-bond acceptors (Lipinski definition) is 0. The molecule has 0 amide bonds. The second kappa shape index (κ2) is 8.07. The fourth-order valence-electron chi connectivity index (χ4n) is 4.38. The third-order valence-electron chi connectivity index (χ3n) is 5.92. The average molecular weight is 406 g/mol. The maximum atomic E-state index is 3.78. The predicted molar refractivity (Wildman–Crippen MR) is 137 cm³/mol. The van der Waals surface area contributed by atoms with Crippen LogP contribution in [0.3, 0.4) is 0 Å². The number of aryl methyl sites for hydroxylation is 1. The van der Waals surface area contributed by atoms with Gasteiger partial charge < -0.3 is 4.57 Å². The zero-order valence-corrected chi connectivity index (χ0v) is 19.2. The Kier molecular flexibility index (Phi) is 5.45. The maximum Gasteiger partial charge on any atom is 0.0541 e. The first-order valence-corrected chi connectivity index (χ1v) is 10.9. The van der Waals surface area contributed by atoms with E-state index in [9.17, 15) is 0 Å². The highest BCUT2D eigenvalue weighted by Gasteiger charge is 2.20. The molecule has 4 aromatic rings. The fourth-order valence-corrected chi connectivity index (χ4v) is 4.38. The molecule has 0 aliphatic carbocycles. The van der Waals surface area contributed by atoms with Crippen molar-refractivity contribution < 1.29 is 0 Å².